The van der Waals surface area contributed by atoms with E-state index in [-0.39, 0.29) is 5.03 Å². The van der Waals surface area contributed by atoms with Crippen molar-refractivity contribution in [2.45, 2.75) is 36.0 Å². The van der Waals surface area contributed by atoms with Gasteiger partial charge in [-0.2, -0.15) is 8.42 Å². The summed E-state index contributed by atoms with van der Waals surface area (Å²) in [6.45, 7) is 0.966. The molecule has 1 aromatic heterocycles. The van der Waals surface area contributed by atoms with Crippen LogP contribution in [-0.4, -0.2) is 49.2 Å². The zero-order valence-electron chi connectivity index (χ0n) is 15.7. The van der Waals surface area contributed by atoms with E-state index in [0.717, 1.165) is 3.57 Å². The summed E-state index contributed by atoms with van der Waals surface area (Å²) in [5, 5.41) is 9.78. The molecule has 1 amide bonds. The first-order valence-electron chi connectivity index (χ1n) is 9.31. The Morgan fingerprint density at radius 3 is 2.67 bits per heavy atom. The Morgan fingerprint density at radius 2 is 2.03 bits per heavy atom. The number of aliphatic hydroxyl groups excluding tert-OH is 1. The first-order chi connectivity index (χ1) is 14.2. The number of amides is 1. The van der Waals surface area contributed by atoms with Gasteiger partial charge in [0.1, 0.15) is 5.82 Å². The Bertz CT molecular complexity index is 1070. The Balaban J connectivity index is 1.51. The Hall–Kier alpha value is -1.63. The third-order valence-corrected chi connectivity index (χ3v) is 7.41. The van der Waals surface area contributed by atoms with Crippen molar-refractivity contribution >= 4 is 55.9 Å². The highest BCUT2D eigenvalue weighted by Crippen LogP contribution is 2.44. The number of aromatic nitrogens is 1. The molecule has 8 nitrogen and oxygen atoms in total. The number of carbonyl (C=O) groups is 1. The van der Waals surface area contributed by atoms with Crippen molar-refractivity contribution in [2.75, 3.05) is 18.0 Å². The van der Waals surface area contributed by atoms with Crippen molar-refractivity contribution in [3.05, 3.63) is 45.0 Å². The van der Waals surface area contributed by atoms with Gasteiger partial charge in [-0.25, -0.2) is 9.71 Å². The molecule has 1 atom stereocenters. The van der Waals surface area contributed by atoms with Crippen molar-refractivity contribution in [3.8, 4) is 5.75 Å². The van der Waals surface area contributed by atoms with Crippen LogP contribution in [-0.2, 0) is 14.8 Å². The summed E-state index contributed by atoms with van der Waals surface area (Å²) in [5.74, 6) is 0.0458. The average Bonchev–Trinajstić information content (AvgIpc) is 3.37. The fourth-order valence-electron chi connectivity index (χ4n) is 3.21. The summed E-state index contributed by atoms with van der Waals surface area (Å²) < 4.78 is 34.3. The normalized spacial score (nSPS) is 20.1. The zero-order chi connectivity index (χ0) is 21.5. The number of halogens is 2. The molecular weight excluding hydrogens is 545 g/mol. The van der Waals surface area contributed by atoms with E-state index in [1.165, 1.54) is 6.07 Å². The van der Waals surface area contributed by atoms with Crippen LogP contribution >= 0.6 is 34.2 Å². The number of aliphatic hydroxyl groups is 1. The fraction of sp³-hybridized carbons (Fsp3) is 0.368. The number of carbonyl (C=O) groups excluding carboxylic acids is 1. The number of sulfonamides is 1. The van der Waals surface area contributed by atoms with Gasteiger partial charge in [0.05, 0.1) is 14.7 Å². The van der Waals surface area contributed by atoms with Gasteiger partial charge in [-0.3, -0.25) is 4.79 Å². The SMILES string of the molecule is O=C(NS(=O)(=O)c1cccc(N2CCC(O)C2)n1)C1(Oc2c(Cl)cccc2I)CC1. The number of para-hydroxylation sites is 1. The van der Waals surface area contributed by atoms with Crippen molar-refractivity contribution in [3.63, 3.8) is 0 Å². The highest BCUT2D eigenvalue weighted by atomic mass is 127. The zero-order valence-corrected chi connectivity index (χ0v) is 19.4. The van der Waals surface area contributed by atoms with Crippen LogP contribution in [0, 0.1) is 3.57 Å². The minimum atomic E-state index is -4.20. The predicted octanol–water partition coefficient (Wildman–Crippen LogP) is 2.33. The highest BCUT2D eigenvalue weighted by molar-refractivity contribution is 14.1. The van der Waals surface area contributed by atoms with Crippen LogP contribution in [0.15, 0.2) is 41.4 Å². The lowest BCUT2D eigenvalue weighted by molar-refractivity contribution is -0.127. The summed E-state index contributed by atoms with van der Waals surface area (Å²) in [6.07, 6.45) is 0.894. The van der Waals surface area contributed by atoms with Gasteiger partial charge in [-0.15, -0.1) is 0 Å². The van der Waals surface area contributed by atoms with Gasteiger partial charge in [0.25, 0.3) is 15.9 Å². The third-order valence-electron chi connectivity index (χ3n) is 5.03. The number of pyridine rings is 1. The molecule has 1 aromatic carbocycles. The molecule has 1 saturated heterocycles. The van der Waals surface area contributed by atoms with Crippen LogP contribution in [0.2, 0.25) is 5.02 Å². The molecule has 1 aliphatic carbocycles. The monoisotopic (exact) mass is 563 g/mol. The maximum atomic E-state index is 12.8. The first-order valence-corrected chi connectivity index (χ1v) is 12.2. The predicted molar refractivity (Wildman–Crippen MR) is 119 cm³/mol. The van der Waals surface area contributed by atoms with Crippen molar-refractivity contribution in [2.24, 2.45) is 0 Å². The van der Waals surface area contributed by atoms with Gasteiger partial charge >= 0.3 is 0 Å². The lowest BCUT2D eigenvalue weighted by Gasteiger charge is -2.20. The standard InChI is InChI=1S/C19H19ClIN3O5S/c20-13-3-1-4-14(21)17(13)29-19(8-9-19)18(26)23-30(27,28)16-6-2-5-15(22-16)24-10-7-12(25)11-24/h1-6,12,25H,7-11H2,(H,23,26). The van der Waals surface area contributed by atoms with Gasteiger partial charge in [0.2, 0.25) is 0 Å². The number of benzene rings is 1. The molecule has 2 N–H and O–H groups in total. The number of rotatable bonds is 6. The lowest BCUT2D eigenvalue weighted by atomic mass is 10.3. The molecule has 0 spiro atoms. The molecule has 160 valence electrons. The van der Waals surface area contributed by atoms with Crippen LogP contribution in [0.5, 0.6) is 5.75 Å². The molecule has 2 heterocycles. The van der Waals surface area contributed by atoms with Crippen LogP contribution in [0.4, 0.5) is 5.82 Å². The number of β-amino-alcohol motifs (C(OH)–C–C–N with tert-alkyl or cyclic N) is 1. The Kier molecular flexibility index (Phi) is 5.86. The summed E-state index contributed by atoms with van der Waals surface area (Å²) in [6, 6.07) is 9.75. The average molecular weight is 564 g/mol. The second-order valence-corrected chi connectivity index (χ2v) is 10.5. The van der Waals surface area contributed by atoms with Gasteiger partial charge in [0, 0.05) is 25.9 Å². The van der Waals surface area contributed by atoms with E-state index < -0.39 is 27.6 Å². The number of ether oxygens (including phenoxy) is 1. The highest BCUT2D eigenvalue weighted by Gasteiger charge is 2.54. The molecule has 2 aromatic rings. The largest absolute Gasteiger partial charge is 0.475 e. The second kappa shape index (κ2) is 8.13. The maximum Gasteiger partial charge on any atom is 0.281 e. The van der Waals surface area contributed by atoms with Crippen molar-refractivity contribution in [1.82, 2.24) is 9.71 Å². The molecule has 2 fully saturated rings. The van der Waals surface area contributed by atoms with Gasteiger partial charge in [0.15, 0.2) is 16.4 Å². The molecule has 1 aliphatic heterocycles. The molecule has 4 rings (SSSR count). The van der Waals surface area contributed by atoms with Crippen molar-refractivity contribution in [1.29, 1.82) is 0 Å². The maximum absolute atomic E-state index is 12.8. The smallest absolute Gasteiger partial charge is 0.281 e. The van der Waals surface area contributed by atoms with Gasteiger partial charge < -0.3 is 14.7 Å². The first kappa shape index (κ1) is 21.6. The Labute approximate surface area is 192 Å². The number of hydrogen-bond acceptors (Lipinski definition) is 7. The number of anilines is 1. The summed E-state index contributed by atoms with van der Waals surface area (Å²) >= 11 is 8.22. The fourth-order valence-corrected chi connectivity index (χ4v) is 5.20. The van der Waals surface area contributed by atoms with E-state index in [1.54, 1.807) is 35.2 Å². The van der Waals surface area contributed by atoms with Crippen LogP contribution in [0.25, 0.3) is 0 Å². The quantitative estimate of drug-likeness (QED) is 0.520. The van der Waals surface area contributed by atoms with Crippen LogP contribution in [0.1, 0.15) is 19.3 Å². The third kappa shape index (κ3) is 4.36. The number of hydrogen-bond donors (Lipinski definition) is 2. The second-order valence-electron chi connectivity index (χ2n) is 7.30. The lowest BCUT2D eigenvalue weighted by Crippen LogP contribution is -2.43. The van der Waals surface area contributed by atoms with E-state index in [9.17, 15) is 18.3 Å². The number of nitrogens with zero attached hydrogens (tertiary/aromatic N) is 2. The van der Waals surface area contributed by atoms with E-state index in [2.05, 4.69) is 9.71 Å². The number of nitrogens with one attached hydrogen (secondary N) is 1. The minimum absolute atomic E-state index is 0.266. The topological polar surface area (TPSA) is 109 Å². The molecule has 1 unspecified atom stereocenters. The summed E-state index contributed by atoms with van der Waals surface area (Å²) in [7, 11) is -4.20. The van der Waals surface area contributed by atoms with Crippen molar-refractivity contribution < 1.29 is 23.1 Å². The van der Waals surface area contributed by atoms with Crippen LogP contribution in [0.3, 0.4) is 0 Å². The molecule has 1 saturated carbocycles. The van der Waals surface area contributed by atoms with E-state index in [4.69, 9.17) is 16.3 Å². The molecular formula is C19H19ClIN3O5S. The van der Waals surface area contributed by atoms with Gasteiger partial charge in [-0.05, 0) is 53.3 Å². The molecule has 0 bridgehead atoms. The molecule has 11 heteroatoms. The Morgan fingerprint density at radius 1 is 1.30 bits per heavy atom. The van der Waals surface area contributed by atoms with Crippen LogP contribution < -0.4 is 14.4 Å². The molecule has 2 aliphatic rings. The van der Waals surface area contributed by atoms with Gasteiger partial charge in [-0.1, -0.05) is 23.7 Å². The van der Waals surface area contributed by atoms with E-state index in [1.807, 2.05) is 22.6 Å². The molecule has 30 heavy (non-hydrogen) atoms. The summed E-state index contributed by atoms with van der Waals surface area (Å²) in [5.41, 5.74) is -1.27. The minimum Gasteiger partial charge on any atom is -0.475 e. The molecule has 0 radical (unpaired) electrons. The van der Waals surface area contributed by atoms with E-state index in [0.29, 0.717) is 48.9 Å². The van der Waals surface area contributed by atoms with E-state index >= 15 is 0 Å². The summed E-state index contributed by atoms with van der Waals surface area (Å²) in [4.78, 5) is 18.8.